The number of nitrogens with zero attached hydrogens (tertiary/aromatic N) is 3. The first-order valence-electron chi connectivity index (χ1n) is 4.20. The molecule has 0 amide bonds. The molecule has 0 aliphatic heterocycles. The number of hydrogen-bond donors (Lipinski definition) is 4. The zero-order valence-electron chi connectivity index (χ0n) is 8.10. The van der Waals surface area contributed by atoms with Gasteiger partial charge < -0.3 is 21.9 Å². The Morgan fingerprint density at radius 1 is 1.14 bits per heavy atom. The zero-order chi connectivity index (χ0) is 10.7. The fraction of sp³-hybridized carbons (Fsp3) is 0.571. The summed E-state index contributed by atoms with van der Waals surface area (Å²) >= 11 is 0. The number of aliphatic hydroxyl groups excluding tert-OH is 1. The highest BCUT2D eigenvalue weighted by Gasteiger charge is 2.10. The second-order valence-electron chi connectivity index (χ2n) is 3.21. The van der Waals surface area contributed by atoms with E-state index in [0.717, 1.165) is 0 Å². The smallest absolute Gasteiger partial charge is 0.231 e. The van der Waals surface area contributed by atoms with Crippen molar-refractivity contribution in [3.8, 4) is 0 Å². The minimum atomic E-state index is -0.740. The van der Waals surface area contributed by atoms with Crippen molar-refractivity contribution in [2.45, 2.75) is 20.1 Å². The number of aromatic nitrogens is 3. The molecule has 7 heteroatoms. The Hall–Kier alpha value is -1.63. The van der Waals surface area contributed by atoms with E-state index in [0.29, 0.717) is 0 Å². The molecule has 0 aliphatic carbocycles. The van der Waals surface area contributed by atoms with E-state index in [2.05, 4.69) is 20.3 Å². The van der Waals surface area contributed by atoms with Crippen molar-refractivity contribution in [1.29, 1.82) is 0 Å². The van der Waals surface area contributed by atoms with Gasteiger partial charge in [0.05, 0.1) is 0 Å². The molecule has 6 N–H and O–H groups in total. The predicted octanol–water partition coefficient (Wildman–Crippen LogP) is -0.578. The largest absolute Gasteiger partial charge is 0.373 e. The maximum Gasteiger partial charge on any atom is 0.231 e. The van der Waals surface area contributed by atoms with E-state index in [9.17, 15) is 5.11 Å². The van der Waals surface area contributed by atoms with Gasteiger partial charge in [0.15, 0.2) is 0 Å². The topological polar surface area (TPSA) is 123 Å². The Kier molecular flexibility index (Phi) is 3.03. The van der Waals surface area contributed by atoms with E-state index in [1.807, 2.05) is 13.8 Å². The van der Waals surface area contributed by atoms with Gasteiger partial charge >= 0.3 is 0 Å². The molecular weight excluding hydrogens is 184 g/mol. The number of nitrogens with one attached hydrogen (secondary N) is 1. The van der Waals surface area contributed by atoms with Gasteiger partial charge in [0, 0.05) is 0 Å². The molecule has 78 valence electrons. The lowest BCUT2D eigenvalue weighted by molar-refractivity contribution is 0.152. The van der Waals surface area contributed by atoms with Crippen LogP contribution < -0.4 is 16.8 Å². The molecule has 1 rings (SSSR count). The molecule has 7 nitrogen and oxygen atoms in total. The minimum absolute atomic E-state index is 0.0240. The van der Waals surface area contributed by atoms with Gasteiger partial charge in [-0.2, -0.15) is 15.0 Å². The van der Waals surface area contributed by atoms with E-state index in [-0.39, 0.29) is 23.8 Å². The van der Waals surface area contributed by atoms with Crippen LogP contribution in [0.1, 0.15) is 13.8 Å². The Balaban J connectivity index is 2.76. The number of hydrogen-bond acceptors (Lipinski definition) is 7. The Morgan fingerprint density at radius 2 is 1.64 bits per heavy atom. The first-order chi connectivity index (χ1) is 6.49. The highest BCUT2D eigenvalue weighted by atomic mass is 16.3. The summed E-state index contributed by atoms with van der Waals surface area (Å²) in [6.07, 6.45) is -0.740. The first kappa shape index (κ1) is 10.5. The molecule has 14 heavy (non-hydrogen) atoms. The molecule has 1 aromatic rings. The van der Waals surface area contributed by atoms with Crippen LogP contribution in [0.5, 0.6) is 0 Å². The van der Waals surface area contributed by atoms with Gasteiger partial charge in [-0.25, -0.2) is 0 Å². The van der Waals surface area contributed by atoms with E-state index < -0.39 is 6.23 Å². The Labute approximate surface area is 81.6 Å². The third-order valence-electron chi connectivity index (χ3n) is 1.58. The number of rotatable bonds is 3. The molecule has 1 aromatic heterocycles. The van der Waals surface area contributed by atoms with Crippen molar-refractivity contribution >= 4 is 17.8 Å². The van der Waals surface area contributed by atoms with Crippen LogP contribution in [0.25, 0.3) is 0 Å². The third kappa shape index (κ3) is 2.70. The van der Waals surface area contributed by atoms with Crippen LogP contribution in [-0.4, -0.2) is 26.3 Å². The van der Waals surface area contributed by atoms with Crippen LogP contribution in [0.3, 0.4) is 0 Å². The molecule has 0 fully saturated rings. The van der Waals surface area contributed by atoms with E-state index >= 15 is 0 Å². The summed E-state index contributed by atoms with van der Waals surface area (Å²) in [5.41, 5.74) is 10.7. The average molecular weight is 198 g/mol. The SMILES string of the molecule is CC(C)C(O)Nc1nc(N)nc(N)n1. The maximum atomic E-state index is 9.47. The normalized spacial score (nSPS) is 12.9. The summed E-state index contributed by atoms with van der Waals surface area (Å²) in [7, 11) is 0. The van der Waals surface area contributed by atoms with Crippen LogP contribution in [0, 0.1) is 5.92 Å². The van der Waals surface area contributed by atoms with Crippen LogP contribution in [-0.2, 0) is 0 Å². The van der Waals surface area contributed by atoms with Gasteiger partial charge in [-0.3, -0.25) is 0 Å². The molecule has 0 radical (unpaired) electrons. The molecule has 0 saturated carbocycles. The second kappa shape index (κ2) is 4.05. The van der Waals surface area contributed by atoms with Crippen LogP contribution in [0.4, 0.5) is 17.8 Å². The molecule has 0 aromatic carbocycles. The lowest BCUT2D eigenvalue weighted by Gasteiger charge is -2.15. The monoisotopic (exact) mass is 198 g/mol. The van der Waals surface area contributed by atoms with E-state index in [4.69, 9.17) is 11.5 Å². The summed E-state index contributed by atoms with van der Waals surface area (Å²) in [6.45, 7) is 3.71. The van der Waals surface area contributed by atoms with Gasteiger partial charge in [-0.1, -0.05) is 13.8 Å². The van der Waals surface area contributed by atoms with Gasteiger partial charge in [0.1, 0.15) is 6.23 Å². The molecule has 1 heterocycles. The fourth-order valence-corrected chi connectivity index (χ4v) is 0.773. The van der Waals surface area contributed by atoms with Gasteiger partial charge in [-0.15, -0.1) is 0 Å². The first-order valence-corrected chi connectivity index (χ1v) is 4.20. The summed E-state index contributed by atoms with van der Waals surface area (Å²) < 4.78 is 0. The van der Waals surface area contributed by atoms with Gasteiger partial charge in [-0.05, 0) is 5.92 Å². The zero-order valence-corrected chi connectivity index (χ0v) is 8.10. The number of nitrogen functional groups attached to an aromatic ring is 2. The van der Waals surface area contributed by atoms with Crippen molar-refractivity contribution in [3.63, 3.8) is 0 Å². The minimum Gasteiger partial charge on any atom is -0.373 e. The Morgan fingerprint density at radius 3 is 2.07 bits per heavy atom. The van der Waals surface area contributed by atoms with Crippen LogP contribution >= 0.6 is 0 Å². The molecular formula is C7H14N6O. The average Bonchev–Trinajstić information content (AvgIpc) is 2.01. The van der Waals surface area contributed by atoms with Crippen molar-refractivity contribution in [3.05, 3.63) is 0 Å². The van der Waals surface area contributed by atoms with E-state index in [1.165, 1.54) is 0 Å². The van der Waals surface area contributed by atoms with Crippen molar-refractivity contribution in [2.75, 3.05) is 16.8 Å². The van der Waals surface area contributed by atoms with Crippen LogP contribution in [0.2, 0.25) is 0 Å². The van der Waals surface area contributed by atoms with Gasteiger partial charge in [0.2, 0.25) is 17.8 Å². The summed E-state index contributed by atoms with van der Waals surface area (Å²) in [5.74, 6) is 0.261. The summed E-state index contributed by atoms with van der Waals surface area (Å²) in [6, 6.07) is 0. The highest BCUT2D eigenvalue weighted by Crippen LogP contribution is 2.07. The second-order valence-corrected chi connectivity index (χ2v) is 3.21. The lowest BCUT2D eigenvalue weighted by atomic mass is 10.2. The molecule has 0 bridgehead atoms. The maximum absolute atomic E-state index is 9.47. The van der Waals surface area contributed by atoms with Crippen molar-refractivity contribution in [2.24, 2.45) is 5.92 Å². The highest BCUT2D eigenvalue weighted by molar-refractivity contribution is 5.37. The molecule has 1 atom stereocenters. The standard InChI is InChI=1S/C7H14N6O/c1-3(2)4(14)10-7-12-5(8)11-6(9)13-7/h3-4,14H,1-2H3,(H5,8,9,10,11,12,13). The number of nitrogens with two attached hydrogens (primary N) is 2. The fourth-order valence-electron chi connectivity index (χ4n) is 0.773. The van der Waals surface area contributed by atoms with Crippen molar-refractivity contribution < 1.29 is 5.11 Å². The quantitative estimate of drug-likeness (QED) is 0.479. The predicted molar refractivity (Wildman–Crippen MR) is 53.1 cm³/mol. The Bertz CT molecular complexity index is 295. The van der Waals surface area contributed by atoms with Crippen LogP contribution in [0.15, 0.2) is 0 Å². The third-order valence-corrected chi connectivity index (χ3v) is 1.58. The van der Waals surface area contributed by atoms with Crippen molar-refractivity contribution in [1.82, 2.24) is 15.0 Å². The summed E-state index contributed by atoms with van der Waals surface area (Å²) in [4.78, 5) is 11.1. The number of anilines is 3. The number of aliphatic hydroxyl groups is 1. The van der Waals surface area contributed by atoms with E-state index in [1.54, 1.807) is 0 Å². The lowest BCUT2D eigenvalue weighted by Crippen LogP contribution is -2.26. The molecule has 1 unspecified atom stereocenters. The molecule has 0 saturated heterocycles. The summed E-state index contributed by atoms with van der Waals surface area (Å²) in [5, 5.41) is 12.1. The molecule has 0 aliphatic rings. The van der Waals surface area contributed by atoms with Gasteiger partial charge in [0.25, 0.3) is 0 Å². The molecule has 0 spiro atoms.